The van der Waals surface area contributed by atoms with Crippen molar-refractivity contribution < 1.29 is 9.50 Å². The normalized spacial score (nSPS) is 18.8. The van der Waals surface area contributed by atoms with Gasteiger partial charge in [-0.3, -0.25) is 0 Å². The molecule has 0 radical (unpaired) electrons. The van der Waals surface area contributed by atoms with E-state index in [2.05, 4.69) is 16.8 Å². The van der Waals surface area contributed by atoms with Crippen LogP contribution < -0.4 is 4.90 Å². The average Bonchev–Trinajstić information content (AvgIpc) is 2.43. The van der Waals surface area contributed by atoms with Crippen molar-refractivity contribution >= 4 is 5.69 Å². The van der Waals surface area contributed by atoms with Crippen molar-refractivity contribution in [2.75, 3.05) is 38.6 Å². The number of hydrogen-bond donors (Lipinski definition) is 1. The second-order valence-corrected chi connectivity index (χ2v) is 6.46. The summed E-state index contributed by atoms with van der Waals surface area (Å²) >= 11 is 0. The second-order valence-electron chi connectivity index (χ2n) is 6.46. The fraction of sp³-hybridized carbons (Fsp3) is 0.647. The van der Waals surface area contributed by atoms with Gasteiger partial charge in [-0.1, -0.05) is 0 Å². The predicted octanol–water partition coefficient (Wildman–Crippen LogP) is 2.97. The number of hydrogen-bond acceptors (Lipinski definition) is 3. The van der Waals surface area contributed by atoms with Crippen LogP contribution in [0.3, 0.4) is 0 Å². The lowest BCUT2D eigenvalue weighted by atomic mass is 9.95. The molecule has 1 aliphatic rings. The molecule has 0 amide bonds. The van der Waals surface area contributed by atoms with Gasteiger partial charge in [0.05, 0.1) is 6.10 Å². The van der Waals surface area contributed by atoms with Crippen molar-refractivity contribution in [3.05, 3.63) is 29.1 Å². The number of nitrogens with zero attached hydrogens (tertiary/aromatic N) is 2. The molecule has 1 heterocycles. The van der Waals surface area contributed by atoms with E-state index >= 15 is 0 Å². The van der Waals surface area contributed by atoms with Crippen LogP contribution in [0.25, 0.3) is 0 Å². The summed E-state index contributed by atoms with van der Waals surface area (Å²) in [4.78, 5) is 4.53. The van der Waals surface area contributed by atoms with Gasteiger partial charge in [-0.2, -0.15) is 0 Å². The lowest BCUT2D eigenvalue weighted by Gasteiger charge is -2.33. The maximum Gasteiger partial charge on any atom is 0.126 e. The molecule has 0 bridgehead atoms. The Balaban J connectivity index is 2.14. The number of benzene rings is 1. The topological polar surface area (TPSA) is 26.7 Å². The van der Waals surface area contributed by atoms with Crippen molar-refractivity contribution in [1.82, 2.24) is 4.90 Å². The number of rotatable bonds is 4. The van der Waals surface area contributed by atoms with Gasteiger partial charge in [-0.15, -0.1) is 0 Å². The van der Waals surface area contributed by atoms with Gasteiger partial charge in [0, 0.05) is 24.8 Å². The first kappa shape index (κ1) is 16.2. The summed E-state index contributed by atoms with van der Waals surface area (Å²) in [7, 11) is 4.20. The fourth-order valence-corrected chi connectivity index (χ4v) is 3.08. The van der Waals surface area contributed by atoms with Crippen LogP contribution in [0, 0.1) is 18.7 Å². The van der Waals surface area contributed by atoms with Crippen molar-refractivity contribution in [2.24, 2.45) is 5.92 Å². The third-order valence-electron chi connectivity index (χ3n) is 4.54. The summed E-state index contributed by atoms with van der Waals surface area (Å²) in [5.41, 5.74) is 2.25. The lowest BCUT2D eigenvalue weighted by Crippen LogP contribution is -2.36. The first-order chi connectivity index (χ1) is 9.88. The Hall–Kier alpha value is -1.13. The predicted molar refractivity (Wildman–Crippen MR) is 85.3 cm³/mol. The zero-order chi connectivity index (χ0) is 15.6. The largest absolute Gasteiger partial charge is 0.389 e. The molecule has 1 saturated heterocycles. The van der Waals surface area contributed by atoms with Crippen molar-refractivity contribution in [2.45, 2.75) is 32.8 Å². The Morgan fingerprint density at radius 1 is 1.38 bits per heavy atom. The number of halogens is 1. The third-order valence-corrected chi connectivity index (χ3v) is 4.54. The Morgan fingerprint density at radius 2 is 2.00 bits per heavy atom. The van der Waals surface area contributed by atoms with Crippen LogP contribution in [-0.4, -0.2) is 43.7 Å². The molecular weight excluding hydrogens is 267 g/mol. The molecule has 1 aromatic rings. The molecule has 21 heavy (non-hydrogen) atoms. The van der Waals surface area contributed by atoms with E-state index in [1.165, 1.54) is 18.9 Å². The van der Waals surface area contributed by atoms with Gasteiger partial charge in [0.25, 0.3) is 0 Å². The number of likely N-dealkylation sites (tertiary alicyclic amines) is 1. The number of aryl methyl sites for hydroxylation is 1. The van der Waals surface area contributed by atoms with Crippen molar-refractivity contribution in [3.63, 3.8) is 0 Å². The van der Waals surface area contributed by atoms with Gasteiger partial charge < -0.3 is 14.9 Å². The standard InChI is InChI=1S/C17H27FN2O/c1-12-9-17(15(13(2)21)10-16(12)18)20(4)11-14-5-7-19(3)8-6-14/h9-10,13-14,21H,5-8,11H2,1-4H3/t13-/m1/s1. The minimum atomic E-state index is -0.657. The molecule has 1 fully saturated rings. The molecule has 1 aromatic carbocycles. The summed E-state index contributed by atoms with van der Waals surface area (Å²) in [5, 5.41) is 9.91. The van der Waals surface area contributed by atoms with Gasteiger partial charge >= 0.3 is 0 Å². The van der Waals surface area contributed by atoms with Crippen LogP contribution in [0.1, 0.15) is 37.0 Å². The van der Waals surface area contributed by atoms with Gasteiger partial charge in [-0.25, -0.2) is 4.39 Å². The average molecular weight is 294 g/mol. The van der Waals surface area contributed by atoms with Crippen LogP contribution in [0.5, 0.6) is 0 Å². The maximum atomic E-state index is 13.7. The van der Waals surface area contributed by atoms with Crippen LogP contribution in [0.15, 0.2) is 12.1 Å². The fourth-order valence-electron chi connectivity index (χ4n) is 3.08. The van der Waals surface area contributed by atoms with Crippen LogP contribution in [-0.2, 0) is 0 Å². The van der Waals surface area contributed by atoms with E-state index in [1.54, 1.807) is 13.8 Å². The van der Waals surface area contributed by atoms with Gasteiger partial charge in [0.1, 0.15) is 5.82 Å². The first-order valence-corrected chi connectivity index (χ1v) is 7.76. The van der Waals surface area contributed by atoms with E-state index < -0.39 is 6.10 Å². The van der Waals surface area contributed by atoms with Crippen LogP contribution in [0.4, 0.5) is 10.1 Å². The Bertz CT molecular complexity index is 482. The van der Waals surface area contributed by atoms with Crippen molar-refractivity contribution in [1.29, 1.82) is 0 Å². The Kier molecular flexibility index (Phi) is 5.22. The van der Waals surface area contributed by atoms with E-state index in [-0.39, 0.29) is 5.82 Å². The monoisotopic (exact) mass is 294 g/mol. The quantitative estimate of drug-likeness (QED) is 0.925. The van der Waals surface area contributed by atoms with Crippen LogP contribution in [0.2, 0.25) is 0 Å². The second kappa shape index (κ2) is 6.75. The summed E-state index contributed by atoms with van der Waals surface area (Å²) in [5.74, 6) is 0.417. The zero-order valence-corrected chi connectivity index (χ0v) is 13.6. The van der Waals surface area contributed by atoms with E-state index in [4.69, 9.17) is 0 Å². The highest BCUT2D eigenvalue weighted by molar-refractivity contribution is 5.56. The smallest absolute Gasteiger partial charge is 0.126 e. The van der Waals surface area contributed by atoms with Gasteiger partial charge in [0.15, 0.2) is 0 Å². The molecule has 0 aliphatic carbocycles. The molecule has 0 aromatic heterocycles. The molecule has 1 N–H and O–H groups in total. The number of aliphatic hydroxyl groups is 1. The van der Waals surface area contributed by atoms with E-state index in [9.17, 15) is 9.50 Å². The molecule has 1 aliphatic heterocycles. The molecule has 2 rings (SSSR count). The van der Waals surface area contributed by atoms with Gasteiger partial charge in [-0.05, 0) is 70.4 Å². The first-order valence-electron chi connectivity index (χ1n) is 7.76. The molecule has 4 heteroatoms. The summed E-state index contributed by atoms with van der Waals surface area (Å²) in [6.07, 6.45) is 1.74. The molecule has 0 unspecified atom stereocenters. The molecule has 3 nitrogen and oxygen atoms in total. The Labute approximate surface area is 127 Å². The molecular formula is C17H27FN2O. The van der Waals surface area contributed by atoms with E-state index in [1.807, 2.05) is 13.1 Å². The minimum Gasteiger partial charge on any atom is -0.389 e. The van der Waals surface area contributed by atoms with E-state index in [0.29, 0.717) is 17.0 Å². The van der Waals surface area contributed by atoms with E-state index in [0.717, 1.165) is 25.3 Å². The zero-order valence-electron chi connectivity index (χ0n) is 13.6. The minimum absolute atomic E-state index is 0.248. The third kappa shape index (κ3) is 3.95. The lowest BCUT2D eigenvalue weighted by molar-refractivity contribution is 0.198. The summed E-state index contributed by atoms with van der Waals surface area (Å²) in [6.45, 7) is 6.71. The molecule has 1 atom stereocenters. The highest BCUT2D eigenvalue weighted by atomic mass is 19.1. The Morgan fingerprint density at radius 3 is 2.57 bits per heavy atom. The molecule has 0 spiro atoms. The van der Waals surface area contributed by atoms with Crippen molar-refractivity contribution in [3.8, 4) is 0 Å². The molecule has 0 saturated carbocycles. The number of anilines is 1. The molecule has 118 valence electrons. The van der Waals surface area contributed by atoms with Gasteiger partial charge in [0.2, 0.25) is 0 Å². The summed E-state index contributed by atoms with van der Waals surface area (Å²) in [6, 6.07) is 3.33. The highest BCUT2D eigenvalue weighted by Gasteiger charge is 2.21. The number of piperidine rings is 1. The summed E-state index contributed by atoms with van der Waals surface area (Å²) < 4.78 is 13.7. The maximum absolute atomic E-state index is 13.7. The highest BCUT2D eigenvalue weighted by Crippen LogP contribution is 2.30. The number of aliphatic hydroxyl groups excluding tert-OH is 1. The SMILES string of the molecule is Cc1cc(N(C)CC2CCN(C)CC2)c([C@@H](C)O)cc1F. The van der Waals surface area contributed by atoms with Crippen LogP contribution >= 0.6 is 0 Å².